The van der Waals surface area contributed by atoms with Crippen LogP contribution in [0, 0.1) is 0 Å². The zero-order chi connectivity index (χ0) is 13.8. The monoisotopic (exact) mass is 403 g/mol. The van der Waals surface area contributed by atoms with Gasteiger partial charge >= 0.3 is 0 Å². The standard InChI is InChI=1S/C14H15Br2NOS/c1-9(17-2)11-4-3-10(15)7-13(11)18-8-14-12(16)5-6-19-14/h3-7,9,17H,8H2,1-2H3. The third-order valence-corrected chi connectivity index (χ3v) is 5.32. The van der Waals surface area contributed by atoms with Crippen molar-refractivity contribution < 1.29 is 4.74 Å². The maximum absolute atomic E-state index is 5.98. The summed E-state index contributed by atoms with van der Waals surface area (Å²) in [7, 11) is 1.95. The second-order valence-corrected chi connectivity index (χ2v) is 6.94. The maximum Gasteiger partial charge on any atom is 0.125 e. The lowest BCUT2D eigenvalue weighted by Gasteiger charge is -2.16. The molecule has 0 aliphatic heterocycles. The lowest BCUT2D eigenvalue weighted by Crippen LogP contribution is -2.13. The molecule has 2 nitrogen and oxygen atoms in total. The highest BCUT2D eigenvalue weighted by Gasteiger charge is 2.11. The van der Waals surface area contributed by atoms with E-state index in [1.54, 1.807) is 11.3 Å². The van der Waals surface area contributed by atoms with Crippen LogP contribution in [-0.2, 0) is 6.61 Å². The van der Waals surface area contributed by atoms with E-state index in [2.05, 4.69) is 55.5 Å². The SMILES string of the molecule is CNC(C)c1ccc(Br)cc1OCc1sccc1Br. The van der Waals surface area contributed by atoms with E-state index in [1.165, 1.54) is 10.4 Å². The molecule has 1 aromatic heterocycles. The van der Waals surface area contributed by atoms with Gasteiger partial charge in [-0.1, -0.05) is 22.0 Å². The van der Waals surface area contributed by atoms with Gasteiger partial charge in [-0.2, -0.15) is 0 Å². The Bertz CT molecular complexity index is 556. The smallest absolute Gasteiger partial charge is 0.125 e. The van der Waals surface area contributed by atoms with Gasteiger partial charge in [-0.3, -0.25) is 0 Å². The summed E-state index contributed by atoms with van der Waals surface area (Å²) in [5.41, 5.74) is 1.17. The van der Waals surface area contributed by atoms with E-state index in [-0.39, 0.29) is 6.04 Å². The highest BCUT2D eigenvalue weighted by molar-refractivity contribution is 9.10. The first-order valence-electron chi connectivity index (χ1n) is 5.93. The molecule has 1 atom stereocenters. The van der Waals surface area contributed by atoms with Crippen molar-refractivity contribution in [2.24, 2.45) is 0 Å². The van der Waals surface area contributed by atoms with Crippen molar-refractivity contribution in [3.05, 3.63) is 49.0 Å². The van der Waals surface area contributed by atoms with Crippen molar-refractivity contribution in [2.45, 2.75) is 19.6 Å². The molecule has 19 heavy (non-hydrogen) atoms. The van der Waals surface area contributed by atoms with Crippen LogP contribution in [0.5, 0.6) is 5.75 Å². The molecule has 2 aromatic rings. The minimum atomic E-state index is 0.259. The number of nitrogens with one attached hydrogen (secondary N) is 1. The van der Waals surface area contributed by atoms with Crippen LogP contribution < -0.4 is 10.1 Å². The number of benzene rings is 1. The third kappa shape index (κ3) is 3.81. The van der Waals surface area contributed by atoms with E-state index in [1.807, 2.05) is 25.2 Å². The van der Waals surface area contributed by atoms with Gasteiger partial charge < -0.3 is 10.1 Å². The summed E-state index contributed by atoms with van der Waals surface area (Å²) in [5, 5.41) is 5.30. The molecule has 1 N–H and O–H groups in total. The molecule has 0 radical (unpaired) electrons. The van der Waals surface area contributed by atoms with E-state index < -0.39 is 0 Å². The summed E-state index contributed by atoms with van der Waals surface area (Å²) in [6.07, 6.45) is 0. The minimum Gasteiger partial charge on any atom is -0.488 e. The summed E-state index contributed by atoms with van der Waals surface area (Å²) in [6.45, 7) is 2.70. The lowest BCUT2D eigenvalue weighted by molar-refractivity contribution is 0.303. The molecule has 102 valence electrons. The van der Waals surface area contributed by atoms with Crippen LogP contribution in [0.25, 0.3) is 0 Å². The zero-order valence-corrected chi connectivity index (χ0v) is 14.7. The van der Waals surface area contributed by atoms with Crippen LogP contribution >= 0.6 is 43.2 Å². The number of hydrogen-bond donors (Lipinski definition) is 1. The number of hydrogen-bond acceptors (Lipinski definition) is 3. The van der Waals surface area contributed by atoms with Crippen molar-refractivity contribution in [1.82, 2.24) is 5.32 Å². The molecule has 0 aliphatic carbocycles. The Balaban J connectivity index is 2.19. The van der Waals surface area contributed by atoms with Gasteiger partial charge in [0.2, 0.25) is 0 Å². The van der Waals surface area contributed by atoms with Crippen LogP contribution in [0.4, 0.5) is 0 Å². The van der Waals surface area contributed by atoms with Crippen molar-refractivity contribution in [3.63, 3.8) is 0 Å². The normalized spacial score (nSPS) is 12.4. The first-order valence-corrected chi connectivity index (χ1v) is 8.39. The zero-order valence-electron chi connectivity index (χ0n) is 10.7. The number of ether oxygens (including phenoxy) is 1. The van der Waals surface area contributed by atoms with Crippen LogP contribution in [0.15, 0.2) is 38.6 Å². The molecule has 2 rings (SSSR count). The summed E-state index contributed by atoms with van der Waals surface area (Å²) < 4.78 is 8.11. The third-order valence-electron chi connectivity index (χ3n) is 2.92. The van der Waals surface area contributed by atoms with E-state index in [4.69, 9.17) is 4.74 Å². The first-order chi connectivity index (χ1) is 9.11. The Kier molecular flexibility index (Phi) is 5.45. The second-order valence-electron chi connectivity index (χ2n) is 4.17. The Hall–Kier alpha value is -0.360. The molecule has 5 heteroatoms. The molecule has 0 saturated heterocycles. The van der Waals surface area contributed by atoms with Gasteiger partial charge in [-0.25, -0.2) is 0 Å². The predicted molar refractivity (Wildman–Crippen MR) is 88.0 cm³/mol. The van der Waals surface area contributed by atoms with Crippen LogP contribution in [0.3, 0.4) is 0 Å². The highest BCUT2D eigenvalue weighted by Crippen LogP contribution is 2.31. The Morgan fingerprint density at radius 1 is 1.32 bits per heavy atom. The molecule has 0 saturated carbocycles. The topological polar surface area (TPSA) is 21.3 Å². The molecule has 1 aromatic carbocycles. The van der Waals surface area contributed by atoms with Gasteiger partial charge in [0.25, 0.3) is 0 Å². The van der Waals surface area contributed by atoms with Crippen molar-refractivity contribution in [1.29, 1.82) is 0 Å². The average molecular weight is 405 g/mol. The Labute approximate surface area is 134 Å². The molecular formula is C14H15Br2NOS. The van der Waals surface area contributed by atoms with E-state index in [0.717, 1.165) is 14.7 Å². The van der Waals surface area contributed by atoms with Gasteiger partial charge in [0.15, 0.2) is 0 Å². The van der Waals surface area contributed by atoms with E-state index >= 15 is 0 Å². The molecule has 1 heterocycles. The fraction of sp³-hybridized carbons (Fsp3) is 0.286. The largest absolute Gasteiger partial charge is 0.488 e. The predicted octanol–water partition coefficient (Wildman–Crippen LogP) is 5.13. The van der Waals surface area contributed by atoms with Crippen molar-refractivity contribution in [3.8, 4) is 5.75 Å². The molecule has 0 fully saturated rings. The van der Waals surface area contributed by atoms with Gasteiger partial charge in [0.1, 0.15) is 12.4 Å². The first kappa shape index (κ1) is 15.0. The number of rotatable bonds is 5. The molecular weight excluding hydrogens is 390 g/mol. The Morgan fingerprint density at radius 2 is 2.11 bits per heavy atom. The number of thiophene rings is 1. The Morgan fingerprint density at radius 3 is 2.74 bits per heavy atom. The molecule has 0 aliphatic rings. The summed E-state index contributed by atoms with van der Waals surface area (Å²) >= 11 is 8.71. The average Bonchev–Trinajstić information content (AvgIpc) is 2.81. The van der Waals surface area contributed by atoms with Gasteiger partial charge in [-0.05, 0) is 53.5 Å². The summed E-state index contributed by atoms with van der Waals surface area (Å²) in [4.78, 5) is 1.20. The molecule has 0 bridgehead atoms. The van der Waals surface area contributed by atoms with E-state index in [9.17, 15) is 0 Å². The summed E-state index contributed by atoms with van der Waals surface area (Å²) in [6, 6.07) is 8.45. The maximum atomic E-state index is 5.98. The van der Waals surface area contributed by atoms with Crippen LogP contribution in [0.1, 0.15) is 23.4 Å². The van der Waals surface area contributed by atoms with Crippen LogP contribution in [0.2, 0.25) is 0 Å². The quantitative estimate of drug-likeness (QED) is 0.745. The second kappa shape index (κ2) is 6.88. The fourth-order valence-corrected chi connectivity index (χ4v) is 3.44. The molecule has 0 spiro atoms. The van der Waals surface area contributed by atoms with Crippen LogP contribution in [-0.4, -0.2) is 7.05 Å². The highest BCUT2D eigenvalue weighted by atomic mass is 79.9. The van der Waals surface area contributed by atoms with Gasteiger partial charge in [0, 0.05) is 20.6 Å². The van der Waals surface area contributed by atoms with Gasteiger partial charge in [-0.15, -0.1) is 11.3 Å². The lowest BCUT2D eigenvalue weighted by atomic mass is 10.1. The fourth-order valence-electron chi connectivity index (χ4n) is 1.72. The molecule has 0 amide bonds. The summed E-state index contributed by atoms with van der Waals surface area (Å²) in [5.74, 6) is 0.913. The van der Waals surface area contributed by atoms with Crippen molar-refractivity contribution >= 4 is 43.2 Å². The van der Waals surface area contributed by atoms with Crippen molar-refractivity contribution in [2.75, 3.05) is 7.05 Å². The van der Waals surface area contributed by atoms with Gasteiger partial charge in [0.05, 0.1) is 4.88 Å². The van der Waals surface area contributed by atoms with E-state index in [0.29, 0.717) is 6.61 Å². The molecule has 1 unspecified atom stereocenters. The number of halogens is 2. The minimum absolute atomic E-state index is 0.259.